The number of aryl methyl sites for hydroxylation is 1. The molecule has 2 aromatic carbocycles. The number of benzene rings is 2. The zero-order chi connectivity index (χ0) is 18.8. The third kappa shape index (κ3) is 4.24. The van der Waals surface area contributed by atoms with Crippen molar-refractivity contribution < 1.29 is 26.7 Å². The van der Waals surface area contributed by atoms with Crippen molar-refractivity contribution in [2.75, 3.05) is 17.1 Å². The SMILES string of the molecule is COc1ccc(S(=O)(=O)Nc2cc(NC(C)=O)c(F)cc2F)cc1C. The van der Waals surface area contributed by atoms with Crippen LogP contribution in [0, 0.1) is 18.6 Å². The van der Waals surface area contributed by atoms with E-state index in [4.69, 9.17) is 4.74 Å². The number of carbonyl (C=O) groups is 1. The predicted molar refractivity (Wildman–Crippen MR) is 89.2 cm³/mol. The highest BCUT2D eigenvalue weighted by atomic mass is 32.2. The van der Waals surface area contributed by atoms with Crippen LogP contribution in [0.2, 0.25) is 0 Å². The van der Waals surface area contributed by atoms with Crippen LogP contribution in [0.1, 0.15) is 12.5 Å². The molecule has 0 atom stereocenters. The molecule has 0 radical (unpaired) electrons. The van der Waals surface area contributed by atoms with E-state index in [1.807, 2.05) is 4.72 Å². The summed E-state index contributed by atoms with van der Waals surface area (Å²) >= 11 is 0. The molecule has 1 amide bonds. The maximum Gasteiger partial charge on any atom is 0.262 e. The number of hydrogen-bond donors (Lipinski definition) is 2. The zero-order valence-electron chi connectivity index (χ0n) is 13.7. The van der Waals surface area contributed by atoms with E-state index in [-0.39, 0.29) is 10.6 Å². The Balaban J connectivity index is 2.40. The largest absolute Gasteiger partial charge is 0.496 e. The lowest BCUT2D eigenvalue weighted by Crippen LogP contribution is -2.15. The molecule has 0 aliphatic heterocycles. The third-order valence-electron chi connectivity index (χ3n) is 3.29. The molecule has 0 aromatic heterocycles. The molecule has 2 aromatic rings. The predicted octanol–water partition coefficient (Wildman–Crippen LogP) is 3.04. The Morgan fingerprint density at radius 2 is 1.72 bits per heavy atom. The molecule has 0 heterocycles. The number of methoxy groups -OCH3 is 1. The molecule has 2 N–H and O–H groups in total. The quantitative estimate of drug-likeness (QED) is 0.847. The zero-order valence-corrected chi connectivity index (χ0v) is 14.5. The van der Waals surface area contributed by atoms with Gasteiger partial charge < -0.3 is 10.1 Å². The minimum absolute atomic E-state index is 0.115. The first-order valence-electron chi connectivity index (χ1n) is 7.08. The van der Waals surface area contributed by atoms with Crippen LogP contribution in [0.15, 0.2) is 35.2 Å². The number of hydrogen-bond acceptors (Lipinski definition) is 4. The lowest BCUT2D eigenvalue weighted by Gasteiger charge is -2.13. The second-order valence-electron chi connectivity index (χ2n) is 5.23. The summed E-state index contributed by atoms with van der Waals surface area (Å²) in [4.78, 5) is 10.9. The van der Waals surface area contributed by atoms with Crippen molar-refractivity contribution in [2.24, 2.45) is 0 Å². The molecule has 0 unspecified atom stereocenters. The van der Waals surface area contributed by atoms with Crippen molar-refractivity contribution in [3.05, 3.63) is 47.5 Å². The lowest BCUT2D eigenvalue weighted by atomic mass is 10.2. The number of amides is 1. The van der Waals surface area contributed by atoms with Gasteiger partial charge in [0.1, 0.15) is 17.4 Å². The summed E-state index contributed by atoms with van der Waals surface area (Å²) in [5.74, 6) is -2.21. The van der Waals surface area contributed by atoms with Crippen molar-refractivity contribution >= 4 is 27.3 Å². The van der Waals surface area contributed by atoms with Gasteiger partial charge in [-0.25, -0.2) is 17.2 Å². The van der Waals surface area contributed by atoms with Crippen LogP contribution in [0.25, 0.3) is 0 Å². The van der Waals surface area contributed by atoms with Crippen LogP contribution in [-0.4, -0.2) is 21.4 Å². The summed E-state index contributed by atoms with van der Waals surface area (Å²) in [5.41, 5.74) is -0.250. The smallest absolute Gasteiger partial charge is 0.262 e. The van der Waals surface area contributed by atoms with Gasteiger partial charge in [0.25, 0.3) is 10.0 Å². The van der Waals surface area contributed by atoms with Gasteiger partial charge in [0.2, 0.25) is 5.91 Å². The third-order valence-corrected chi connectivity index (χ3v) is 4.65. The molecular formula is C16H16F2N2O4S. The molecule has 134 valence electrons. The van der Waals surface area contributed by atoms with Gasteiger partial charge in [-0.05, 0) is 36.8 Å². The van der Waals surface area contributed by atoms with E-state index in [1.54, 1.807) is 6.92 Å². The van der Waals surface area contributed by atoms with Crippen molar-refractivity contribution in [3.8, 4) is 5.75 Å². The van der Waals surface area contributed by atoms with E-state index in [0.29, 0.717) is 17.4 Å². The number of carbonyl (C=O) groups excluding carboxylic acids is 1. The van der Waals surface area contributed by atoms with E-state index < -0.39 is 33.3 Å². The number of anilines is 2. The maximum absolute atomic E-state index is 13.9. The van der Waals surface area contributed by atoms with Gasteiger partial charge in [0.05, 0.1) is 23.4 Å². The van der Waals surface area contributed by atoms with Crippen LogP contribution in [-0.2, 0) is 14.8 Å². The van der Waals surface area contributed by atoms with Crippen molar-refractivity contribution in [1.82, 2.24) is 0 Å². The number of rotatable bonds is 5. The number of ether oxygens (including phenoxy) is 1. The molecule has 0 spiro atoms. The first-order chi connectivity index (χ1) is 11.6. The molecule has 6 nitrogen and oxygen atoms in total. The molecule has 0 bridgehead atoms. The van der Waals surface area contributed by atoms with Crippen LogP contribution >= 0.6 is 0 Å². The molecule has 2 rings (SSSR count). The molecular weight excluding hydrogens is 354 g/mol. The maximum atomic E-state index is 13.9. The fourth-order valence-corrected chi connectivity index (χ4v) is 3.28. The normalized spacial score (nSPS) is 11.1. The summed E-state index contributed by atoms with van der Waals surface area (Å²) in [6, 6.07) is 5.48. The second-order valence-corrected chi connectivity index (χ2v) is 6.91. The average molecular weight is 370 g/mol. The van der Waals surface area contributed by atoms with E-state index >= 15 is 0 Å². The number of halogens is 2. The second kappa shape index (κ2) is 7.06. The minimum atomic E-state index is -4.12. The lowest BCUT2D eigenvalue weighted by molar-refractivity contribution is -0.114. The van der Waals surface area contributed by atoms with Crippen molar-refractivity contribution in [1.29, 1.82) is 0 Å². The van der Waals surface area contributed by atoms with Gasteiger partial charge >= 0.3 is 0 Å². The Morgan fingerprint density at radius 1 is 1.08 bits per heavy atom. The highest BCUT2D eigenvalue weighted by Gasteiger charge is 2.19. The van der Waals surface area contributed by atoms with Gasteiger partial charge in [0.15, 0.2) is 0 Å². The summed E-state index contributed by atoms with van der Waals surface area (Å²) < 4.78 is 59.5. The summed E-state index contributed by atoms with van der Waals surface area (Å²) in [7, 11) is -2.67. The monoisotopic (exact) mass is 370 g/mol. The molecule has 0 saturated heterocycles. The Hall–Kier alpha value is -2.68. The Labute approximate surface area is 143 Å². The van der Waals surface area contributed by atoms with Gasteiger partial charge in [-0.2, -0.15) is 0 Å². The molecule has 25 heavy (non-hydrogen) atoms. The summed E-state index contributed by atoms with van der Waals surface area (Å²) in [6.45, 7) is 2.80. The van der Waals surface area contributed by atoms with Gasteiger partial charge in [-0.1, -0.05) is 0 Å². The Kier molecular flexibility index (Phi) is 5.27. The van der Waals surface area contributed by atoms with Gasteiger partial charge in [-0.3, -0.25) is 9.52 Å². The standard InChI is InChI=1S/C16H16F2N2O4S/c1-9-6-11(4-5-16(9)24-3)25(22,23)20-15-8-14(19-10(2)21)12(17)7-13(15)18/h4-8,20H,1-3H3,(H,19,21). The topological polar surface area (TPSA) is 84.5 Å². The summed E-state index contributed by atoms with van der Waals surface area (Å²) in [5, 5.41) is 2.16. The van der Waals surface area contributed by atoms with Crippen LogP contribution < -0.4 is 14.8 Å². The fourth-order valence-electron chi connectivity index (χ4n) is 2.13. The van der Waals surface area contributed by atoms with E-state index in [9.17, 15) is 22.0 Å². The molecule has 0 saturated carbocycles. The average Bonchev–Trinajstić information content (AvgIpc) is 2.51. The van der Waals surface area contributed by atoms with E-state index in [1.165, 1.54) is 25.3 Å². The molecule has 0 aliphatic carbocycles. The first-order valence-corrected chi connectivity index (χ1v) is 8.56. The van der Waals surface area contributed by atoms with Gasteiger partial charge in [-0.15, -0.1) is 0 Å². The van der Waals surface area contributed by atoms with Gasteiger partial charge in [0, 0.05) is 13.0 Å². The van der Waals surface area contributed by atoms with Crippen molar-refractivity contribution in [3.63, 3.8) is 0 Å². The first kappa shape index (κ1) is 18.7. The highest BCUT2D eigenvalue weighted by molar-refractivity contribution is 7.92. The number of nitrogens with one attached hydrogen (secondary N) is 2. The minimum Gasteiger partial charge on any atom is -0.496 e. The van der Waals surface area contributed by atoms with Crippen LogP contribution in [0.5, 0.6) is 5.75 Å². The van der Waals surface area contributed by atoms with E-state index in [2.05, 4.69) is 5.32 Å². The molecule has 9 heteroatoms. The molecule has 0 aliphatic rings. The van der Waals surface area contributed by atoms with Crippen LogP contribution in [0.4, 0.5) is 20.2 Å². The van der Waals surface area contributed by atoms with Crippen molar-refractivity contribution in [2.45, 2.75) is 18.7 Å². The number of sulfonamides is 1. The Morgan fingerprint density at radius 3 is 2.28 bits per heavy atom. The highest BCUT2D eigenvalue weighted by Crippen LogP contribution is 2.27. The van der Waals surface area contributed by atoms with Crippen LogP contribution in [0.3, 0.4) is 0 Å². The van der Waals surface area contributed by atoms with E-state index in [0.717, 1.165) is 13.0 Å². The summed E-state index contributed by atoms with van der Waals surface area (Å²) in [6.07, 6.45) is 0. The Bertz CT molecular complexity index is 930. The fraction of sp³-hybridized carbons (Fsp3) is 0.188. The molecule has 0 fully saturated rings.